The van der Waals surface area contributed by atoms with Gasteiger partial charge >= 0.3 is 0 Å². The average Bonchev–Trinajstić information content (AvgIpc) is 2.80. The number of hydrogen-bond acceptors (Lipinski definition) is 5. The van der Waals surface area contributed by atoms with Gasteiger partial charge in [-0.1, -0.05) is 0 Å². The number of nitrogens with one attached hydrogen (secondary N) is 1. The number of carbonyl (C=O) groups is 1. The van der Waals surface area contributed by atoms with Gasteiger partial charge in [0.2, 0.25) is 5.91 Å². The molecule has 0 fully saturated rings. The van der Waals surface area contributed by atoms with E-state index in [1.165, 1.54) is 6.20 Å². The number of pyridine rings is 1. The number of nitrogens with two attached hydrogens (primary N) is 1. The van der Waals surface area contributed by atoms with Gasteiger partial charge in [0.25, 0.3) is 0 Å². The van der Waals surface area contributed by atoms with Gasteiger partial charge in [-0.3, -0.25) is 4.79 Å². The molecule has 3 N–H and O–H groups in total. The number of thiazole rings is 1. The van der Waals surface area contributed by atoms with Crippen molar-refractivity contribution >= 4 is 23.1 Å². The monoisotopic (exact) mass is 234 g/mol. The molecule has 5 nitrogen and oxygen atoms in total. The van der Waals surface area contributed by atoms with Crippen LogP contribution in [0.25, 0.3) is 0 Å². The van der Waals surface area contributed by atoms with Crippen molar-refractivity contribution < 1.29 is 4.79 Å². The summed E-state index contributed by atoms with van der Waals surface area (Å²) >= 11 is 1.55. The van der Waals surface area contributed by atoms with E-state index in [0.29, 0.717) is 17.9 Å². The van der Waals surface area contributed by atoms with Crippen LogP contribution in [-0.4, -0.2) is 15.9 Å². The first-order chi connectivity index (χ1) is 7.75. The van der Waals surface area contributed by atoms with Crippen molar-refractivity contribution in [2.24, 2.45) is 5.73 Å². The normalized spacial score (nSPS) is 10.0. The van der Waals surface area contributed by atoms with Crippen molar-refractivity contribution in [3.8, 4) is 0 Å². The summed E-state index contributed by atoms with van der Waals surface area (Å²) in [7, 11) is 0. The highest BCUT2D eigenvalue weighted by molar-refractivity contribution is 7.07. The highest BCUT2D eigenvalue weighted by Gasteiger charge is 2.01. The largest absolute Gasteiger partial charge is 0.366 e. The third kappa shape index (κ3) is 2.54. The maximum Gasteiger partial charge on any atom is 0.250 e. The smallest absolute Gasteiger partial charge is 0.250 e. The number of primary amides is 1. The number of carbonyl (C=O) groups excluding carboxylic acids is 1. The predicted molar refractivity (Wildman–Crippen MR) is 62.2 cm³/mol. The molecule has 16 heavy (non-hydrogen) atoms. The van der Waals surface area contributed by atoms with Crippen molar-refractivity contribution in [2.45, 2.75) is 6.54 Å². The Labute approximate surface area is 96.3 Å². The molecule has 2 aromatic rings. The Morgan fingerprint density at radius 3 is 2.88 bits per heavy atom. The van der Waals surface area contributed by atoms with Crippen LogP contribution in [0.3, 0.4) is 0 Å². The van der Waals surface area contributed by atoms with Crippen molar-refractivity contribution in [1.29, 1.82) is 0 Å². The minimum absolute atomic E-state index is 0.402. The molecular formula is C10H10N4OS. The maximum atomic E-state index is 10.8. The molecule has 0 spiro atoms. The molecule has 0 bridgehead atoms. The zero-order valence-electron chi connectivity index (χ0n) is 8.38. The van der Waals surface area contributed by atoms with Gasteiger partial charge in [0.15, 0.2) is 0 Å². The summed E-state index contributed by atoms with van der Waals surface area (Å²) in [6.45, 7) is 0.617. The fourth-order valence-corrected chi connectivity index (χ4v) is 1.71. The third-order valence-electron chi connectivity index (χ3n) is 1.98. The van der Waals surface area contributed by atoms with Gasteiger partial charge in [-0.05, 0) is 12.1 Å². The van der Waals surface area contributed by atoms with E-state index in [9.17, 15) is 4.79 Å². The van der Waals surface area contributed by atoms with Gasteiger partial charge in [0.05, 0.1) is 23.3 Å². The number of aromatic nitrogens is 2. The first kappa shape index (κ1) is 10.6. The Balaban J connectivity index is 1.98. The summed E-state index contributed by atoms with van der Waals surface area (Å²) in [5.74, 6) is 0.219. The second-order valence-electron chi connectivity index (χ2n) is 3.13. The molecule has 2 rings (SSSR count). The molecule has 0 aliphatic heterocycles. The molecule has 0 unspecified atom stereocenters. The van der Waals surface area contributed by atoms with Crippen LogP contribution in [0.15, 0.2) is 29.2 Å². The number of rotatable bonds is 4. The van der Waals surface area contributed by atoms with Crippen LogP contribution in [0.2, 0.25) is 0 Å². The molecule has 1 amide bonds. The fraction of sp³-hybridized carbons (Fsp3) is 0.100. The maximum absolute atomic E-state index is 10.8. The minimum atomic E-state index is -0.474. The van der Waals surface area contributed by atoms with Crippen molar-refractivity contribution in [1.82, 2.24) is 9.97 Å². The standard InChI is InChI=1S/C10H10N4OS/c11-10(15)7-1-2-9(12-3-7)13-4-8-5-16-6-14-8/h1-3,5-6H,4H2,(H2,11,15)(H,12,13). The molecule has 6 heteroatoms. The Morgan fingerprint density at radius 1 is 1.44 bits per heavy atom. The lowest BCUT2D eigenvalue weighted by Crippen LogP contribution is -2.11. The predicted octanol–water partition coefficient (Wildman–Crippen LogP) is 1.25. The first-order valence-electron chi connectivity index (χ1n) is 4.62. The molecule has 0 saturated carbocycles. The van der Waals surface area contributed by atoms with Gasteiger partial charge in [-0.25, -0.2) is 9.97 Å². The quantitative estimate of drug-likeness (QED) is 0.834. The lowest BCUT2D eigenvalue weighted by molar-refractivity contribution is 0.1000. The van der Waals surface area contributed by atoms with E-state index >= 15 is 0 Å². The summed E-state index contributed by atoms with van der Waals surface area (Å²) in [5, 5.41) is 5.06. The van der Waals surface area contributed by atoms with Crippen molar-refractivity contribution in [3.63, 3.8) is 0 Å². The molecule has 0 aliphatic rings. The highest BCUT2D eigenvalue weighted by Crippen LogP contribution is 2.07. The number of hydrogen-bond donors (Lipinski definition) is 2. The summed E-state index contributed by atoms with van der Waals surface area (Å²) in [6.07, 6.45) is 1.45. The fourth-order valence-electron chi connectivity index (χ4n) is 1.15. The molecule has 2 heterocycles. The lowest BCUT2D eigenvalue weighted by Gasteiger charge is -2.03. The number of amides is 1. The van der Waals surface area contributed by atoms with E-state index in [4.69, 9.17) is 5.73 Å². The van der Waals surface area contributed by atoms with E-state index in [1.54, 1.807) is 29.0 Å². The van der Waals surface area contributed by atoms with Gasteiger partial charge in [-0.15, -0.1) is 11.3 Å². The molecule has 0 atom stereocenters. The summed E-state index contributed by atoms with van der Waals surface area (Å²) in [4.78, 5) is 19.0. The van der Waals surface area contributed by atoms with Crippen LogP contribution in [0.1, 0.15) is 16.1 Å². The number of nitrogens with zero attached hydrogens (tertiary/aromatic N) is 2. The SMILES string of the molecule is NC(=O)c1ccc(NCc2cscn2)nc1. The lowest BCUT2D eigenvalue weighted by atomic mass is 10.3. The van der Waals surface area contributed by atoms with Crippen LogP contribution in [0.4, 0.5) is 5.82 Å². The molecule has 0 radical (unpaired) electrons. The second-order valence-corrected chi connectivity index (χ2v) is 3.85. The summed E-state index contributed by atoms with van der Waals surface area (Å²) in [5.41, 5.74) is 8.25. The molecule has 2 aromatic heterocycles. The van der Waals surface area contributed by atoms with Crippen LogP contribution in [0, 0.1) is 0 Å². The Morgan fingerprint density at radius 2 is 2.31 bits per heavy atom. The van der Waals surface area contributed by atoms with Gasteiger partial charge in [0.1, 0.15) is 5.82 Å². The van der Waals surface area contributed by atoms with Crippen molar-refractivity contribution in [3.05, 3.63) is 40.5 Å². The highest BCUT2D eigenvalue weighted by atomic mass is 32.1. The molecule has 0 aliphatic carbocycles. The summed E-state index contributed by atoms with van der Waals surface area (Å²) < 4.78 is 0. The molecule has 0 saturated heterocycles. The van der Waals surface area contributed by atoms with Gasteiger partial charge in [-0.2, -0.15) is 0 Å². The second kappa shape index (κ2) is 4.71. The topological polar surface area (TPSA) is 80.9 Å². The van der Waals surface area contributed by atoms with E-state index in [1.807, 2.05) is 5.38 Å². The Bertz CT molecular complexity index is 466. The van der Waals surface area contributed by atoms with Crippen LogP contribution in [0.5, 0.6) is 0 Å². The third-order valence-corrected chi connectivity index (χ3v) is 2.62. The molecule has 0 aromatic carbocycles. The summed E-state index contributed by atoms with van der Waals surface area (Å²) in [6, 6.07) is 3.35. The van der Waals surface area contributed by atoms with Crippen LogP contribution in [-0.2, 0) is 6.54 Å². The Kier molecular flexibility index (Phi) is 3.11. The van der Waals surface area contributed by atoms with E-state index < -0.39 is 5.91 Å². The van der Waals surface area contributed by atoms with Crippen LogP contribution < -0.4 is 11.1 Å². The van der Waals surface area contributed by atoms with Crippen LogP contribution >= 0.6 is 11.3 Å². The van der Waals surface area contributed by atoms with E-state index in [0.717, 1.165) is 5.69 Å². The number of anilines is 1. The van der Waals surface area contributed by atoms with Gasteiger partial charge < -0.3 is 11.1 Å². The molecular weight excluding hydrogens is 224 g/mol. The van der Waals surface area contributed by atoms with Gasteiger partial charge in [0, 0.05) is 11.6 Å². The Hall–Kier alpha value is -1.95. The molecule has 82 valence electrons. The zero-order valence-corrected chi connectivity index (χ0v) is 9.20. The zero-order chi connectivity index (χ0) is 11.4. The van der Waals surface area contributed by atoms with E-state index in [2.05, 4.69) is 15.3 Å². The van der Waals surface area contributed by atoms with E-state index in [-0.39, 0.29) is 0 Å². The van der Waals surface area contributed by atoms with Crippen molar-refractivity contribution in [2.75, 3.05) is 5.32 Å². The first-order valence-corrected chi connectivity index (χ1v) is 5.57. The minimum Gasteiger partial charge on any atom is -0.366 e. The average molecular weight is 234 g/mol.